The van der Waals surface area contributed by atoms with Crippen LogP contribution in [-0.2, 0) is 4.74 Å². The van der Waals surface area contributed by atoms with E-state index in [0.717, 1.165) is 12.8 Å². The number of ether oxygens (including phenoxy) is 1. The van der Waals surface area contributed by atoms with Crippen LogP contribution in [0.1, 0.15) is 63.7 Å². The van der Waals surface area contributed by atoms with Crippen molar-refractivity contribution in [3.8, 4) is 0 Å². The van der Waals surface area contributed by atoms with Crippen molar-refractivity contribution in [3.63, 3.8) is 0 Å². The number of hydrogen-bond donors (Lipinski definition) is 1. The van der Waals surface area contributed by atoms with Crippen molar-refractivity contribution >= 4 is 12.0 Å². The largest absolute Gasteiger partial charge is 0.446 e. The molecule has 2 amide bonds. The van der Waals surface area contributed by atoms with Gasteiger partial charge in [-0.3, -0.25) is 15.0 Å². The van der Waals surface area contributed by atoms with E-state index in [1.54, 1.807) is 0 Å². The second kappa shape index (κ2) is 9.72. The number of nitrogens with zero attached hydrogens (tertiary/aromatic N) is 1. The highest BCUT2D eigenvalue weighted by molar-refractivity contribution is 6.03. The molecular formula is C20H25F5N2O3. The summed E-state index contributed by atoms with van der Waals surface area (Å²) in [5, 5.41) is 1.52. The Bertz CT molecular complexity index is 771. The van der Waals surface area contributed by atoms with Crippen LogP contribution in [0, 0.1) is 29.1 Å². The number of imide groups is 1. The van der Waals surface area contributed by atoms with Crippen molar-refractivity contribution < 1.29 is 36.3 Å². The summed E-state index contributed by atoms with van der Waals surface area (Å²) >= 11 is 0. The minimum atomic E-state index is -2.39. The topological polar surface area (TPSA) is 58.6 Å². The molecule has 0 heterocycles. The lowest BCUT2D eigenvalue weighted by molar-refractivity contribution is 0.0277. The summed E-state index contributed by atoms with van der Waals surface area (Å²) in [7, 11) is 0. The molecule has 1 aromatic carbocycles. The van der Waals surface area contributed by atoms with Crippen LogP contribution in [0.4, 0.5) is 26.7 Å². The Morgan fingerprint density at radius 3 is 1.70 bits per heavy atom. The van der Waals surface area contributed by atoms with Gasteiger partial charge in [0.25, 0.3) is 5.91 Å². The molecule has 1 aromatic rings. The summed E-state index contributed by atoms with van der Waals surface area (Å²) in [6, 6.07) is 0.993. The number of hydrogen-bond acceptors (Lipinski definition) is 4. The summed E-state index contributed by atoms with van der Waals surface area (Å²) in [5.74, 6) is -13.3. The van der Waals surface area contributed by atoms with E-state index in [4.69, 9.17) is 4.74 Å². The highest BCUT2D eigenvalue weighted by Gasteiger charge is 2.33. The second-order valence-electron chi connectivity index (χ2n) is 7.87. The molecule has 168 valence electrons. The minimum absolute atomic E-state index is 0.308. The average Bonchev–Trinajstić information content (AvgIpc) is 2.65. The van der Waals surface area contributed by atoms with Crippen LogP contribution >= 0.6 is 0 Å². The number of carbonyl (C=O) groups is 2. The van der Waals surface area contributed by atoms with Crippen LogP contribution in [0.15, 0.2) is 0 Å². The van der Waals surface area contributed by atoms with E-state index in [1.807, 2.05) is 0 Å². The molecule has 0 unspecified atom stereocenters. The van der Waals surface area contributed by atoms with Gasteiger partial charge in [-0.25, -0.2) is 26.7 Å². The van der Waals surface area contributed by atoms with Crippen molar-refractivity contribution in [1.29, 1.82) is 0 Å². The van der Waals surface area contributed by atoms with Gasteiger partial charge >= 0.3 is 6.09 Å². The van der Waals surface area contributed by atoms with Gasteiger partial charge in [-0.1, -0.05) is 0 Å². The van der Waals surface area contributed by atoms with Gasteiger partial charge in [-0.05, 0) is 53.4 Å². The molecule has 0 bridgehead atoms. The van der Waals surface area contributed by atoms with Gasteiger partial charge in [-0.15, -0.1) is 0 Å². The van der Waals surface area contributed by atoms with Crippen molar-refractivity contribution in [2.75, 3.05) is 0 Å². The molecule has 0 spiro atoms. The van der Waals surface area contributed by atoms with Crippen molar-refractivity contribution in [3.05, 3.63) is 34.6 Å². The quantitative estimate of drug-likeness (QED) is 0.414. The molecule has 2 rings (SSSR count). The molecule has 0 atom stereocenters. The third-order valence-corrected chi connectivity index (χ3v) is 5.18. The molecule has 1 aliphatic carbocycles. The maximum Gasteiger partial charge on any atom is 0.414 e. The van der Waals surface area contributed by atoms with Gasteiger partial charge in [0, 0.05) is 18.1 Å². The summed E-state index contributed by atoms with van der Waals surface area (Å²) in [4.78, 5) is 26.2. The zero-order valence-corrected chi connectivity index (χ0v) is 17.2. The standard InChI is InChI=1S/C20H25F5N2O3/c1-9(2)27(10(3)4)11-5-7-12(8-6-11)30-20(29)26-19(28)13-14(21)16(23)18(25)17(24)15(13)22/h9-12H,5-8H2,1-4H3,(H,26,28,29). The molecule has 5 nitrogen and oxygen atoms in total. The van der Waals surface area contributed by atoms with Crippen molar-refractivity contribution in [2.24, 2.45) is 0 Å². The third-order valence-electron chi connectivity index (χ3n) is 5.18. The number of amides is 2. The van der Waals surface area contributed by atoms with Gasteiger partial charge in [0.1, 0.15) is 11.7 Å². The predicted octanol–water partition coefficient (Wildman–Crippen LogP) is 4.68. The first kappa shape index (κ1) is 24.0. The lowest BCUT2D eigenvalue weighted by atomic mass is 9.90. The second-order valence-corrected chi connectivity index (χ2v) is 7.87. The highest BCUT2D eigenvalue weighted by Crippen LogP contribution is 2.28. The average molecular weight is 436 g/mol. The Balaban J connectivity index is 1.97. The van der Waals surface area contributed by atoms with Gasteiger partial charge in [0.2, 0.25) is 5.82 Å². The molecule has 0 aromatic heterocycles. The number of rotatable bonds is 5. The first-order valence-electron chi connectivity index (χ1n) is 9.76. The van der Waals surface area contributed by atoms with E-state index in [0.29, 0.717) is 31.0 Å². The molecule has 0 aliphatic heterocycles. The predicted molar refractivity (Wildman–Crippen MR) is 98.3 cm³/mol. The molecule has 1 saturated carbocycles. The third kappa shape index (κ3) is 5.08. The molecule has 0 radical (unpaired) electrons. The Hall–Kier alpha value is -2.23. The summed E-state index contributed by atoms with van der Waals surface area (Å²) in [6.07, 6.45) is 0.707. The van der Waals surface area contributed by atoms with E-state index < -0.39 is 52.8 Å². The Morgan fingerprint density at radius 2 is 1.27 bits per heavy atom. The lowest BCUT2D eigenvalue weighted by Crippen LogP contribution is -2.47. The van der Waals surface area contributed by atoms with Gasteiger partial charge in [-0.2, -0.15) is 0 Å². The lowest BCUT2D eigenvalue weighted by Gasteiger charge is -2.41. The zero-order chi connectivity index (χ0) is 22.7. The maximum absolute atomic E-state index is 13.7. The van der Waals surface area contributed by atoms with E-state index in [9.17, 15) is 31.5 Å². The van der Waals surface area contributed by atoms with Crippen LogP contribution in [0.3, 0.4) is 0 Å². The summed E-state index contributed by atoms with van der Waals surface area (Å²) in [6.45, 7) is 8.39. The molecule has 1 fully saturated rings. The first-order chi connectivity index (χ1) is 14.0. The monoisotopic (exact) mass is 436 g/mol. The van der Waals surface area contributed by atoms with Crippen LogP contribution in [0.2, 0.25) is 0 Å². The van der Waals surface area contributed by atoms with Crippen LogP contribution < -0.4 is 5.32 Å². The molecular weight excluding hydrogens is 411 g/mol. The molecule has 0 saturated heterocycles. The SMILES string of the molecule is CC(C)N(C(C)C)C1CCC(OC(=O)NC(=O)c2c(F)c(F)c(F)c(F)c2F)CC1. The smallest absolute Gasteiger partial charge is 0.414 e. The van der Waals surface area contributed by atoms with Crippen LogP contribution in [0.5, 0.6) is 0 Å². The number of halogens is 5. The van der Waals surface area contributed by atoms with Crippen LogP contribution in [0.25, 0.3) is 0 Å². The van der Waals surface area contributed by atoms with Gasteiger partial charge < -0.3 is 4.74 Å². The Kier molecular flexibility index (Phi) is 7.79. The molecule has 1 aliphatic rings. The number of carbonyl (C=O) groups excluding carboxylic acids is 2. The highest BCUT2D eigenvalue weighted by atomic mass is 19.2. The van der Waals surface area contributed by atoms with Gasteiger partial charge in [0.05, 0.1) is 0 Å². The first-order valence-corrected chi connectivity index (χ1v) is 9.76. The van der Waals surface area contributed by atoms with E-state index >= 15 is 0 Å². The molecule has 1 N–H and O–H groups in total. The fourth-order valence-electron chi connectivity index (χ4n) is 4.04. The van der Waals surface area contributed by atoms with Crippen molar-refractivity contribution in [2.45, 2.75) is 77.6 Å². The van der Waals surface area contributed by atoms with Crippen LogP contribution in [-0.4, -0.2) is 41.1 Å². The summed E-state index contributed by atoms with van der Waals surface area (Å²) in [5.41, 5.74) is -1.74. The van der Waals surface area contributed by atoms with Crippen molar-refractivity contribution in [1.82, 2.24) is 10.2 Å². The number of nitrogens with one attached hydrogen (secondary N) is 1. The van der Waals surface area contributed by atoms with Gasteiger partial charge in [0.15, 0.2) is 23.3 Å². The molecule has 30 heavy (non-hydrogen) atoms. The Morgan fingerprint density at radius 1 is 0.833 bits per heavy atom. The fourth-order valence-corrected chi connectivity index (χ4v) is 4.04. The molecule has 10 heteroatoms. The normalized spacial score (nSPS) is 19.5. The number of alkyl carbamates (subject to hydrolysis) is 1. The fraction of sp³-hybridized carbons (Fsp3) is 0.600. The minimum Gasteiger partial charge on any atom is -0.446 e. The maximum atomic E-state index is 13.7. The number of benzene rings is 1. The van der Waals surface area contributed by atoms with E-state index in [2.05, 4.69) is 32.6 Å². The summed E-state index contributed by atoms with van der Waals surface area (Å²) < 4.78 is 72.0. The Labute approximate surface area is 171 Å². The zero-order valence-electron chi connectivity index (χ0n) is 17.2. The van der Waals surface area contributed by atoms with E-state index in [1.165, 1.54) is 5.32 Å². The van der Waals surface area contributed by atoms with E-state index in [-0.39, 0.29) is 0 Å².